The van der Waals surface area contributed by atoms with E-state index in [1.165, 1.54) is 0 Å². The Hall–Kier alpha value is -2.66. The minimum atomic E-state index is -0.0844. The number of aromatic nitrogens is 1. The third kappa shape index (κ3) is 3.63. The van der Waals surface area contributed by atoms with Crippen molar-refractivity contribution in [2.24, 2.45) is 0 Å². The summed E-state index contributed by atoms with van der Waals surface area (Å²) in [5.74, 6) is -0.0844. The highest BCUT2D eigenvalue weighted by Crippen LogP contribution is 2.23. The molecule has 3 rings (SSSR count). The molecule has 0 aliphatic rings. The van der Waals surface area contributed by atoms with E-state index in [4.69, 9.17) is 0 Å². The van der Waals surface area contributed by atoms with E-state index >= 15 is 0 Å². The van der Waals surface area contributed by atoms with Crippen molar-refractivity contribution >= 4 is 22.9 Å². The van der Waals surface area contributed by atoms with Gasteiger partial charge in [0.05, 0.1) is 5.69 Å². The molecule has 0 saturated carbocycles. The average Bonchev–Trinajstić information content (AvgIpc) is 3.14. The second-order valence-electron chi connectivity index (χ2n) is 5.65. The topological polar surface area (TPSA) is 45.2 Å². The van der Waals surface area contributed by atoms with Gasteiger partial charge in [-0.2, -0.15) is 11.3 Å². The van der Waals surface area contributed by atoms with Crippen LogP contribution >= 0.6 is 11.3 Å². The van der Waals surface area contributed by atoms with E-state index in [0.29, 0.717) is 12.1 Å². The van der Waals surface area contributed by atoms with Gasteiger partial charge in [-0.3, -0.25) is 9.78 Å². The normalized spacial score (nSPS) is 10.4. The SMILES string of the molecule is CN(C)c1cccc(C(=O)NCc2cccnc2-c2ccsc2)c1. The first-order valence-electron chi connectivity index (χ1n) is 7.67. The van der Waals surface area contributed by atoms with E-state index in [-0.39, 0.29) is 5.91 Å². The maximum atomic E-state index is 12.4. The number of nitrogens with zero attached hydrogens (tertiary/aromatic N) is 2. The molecule has 0 radical (unpaired) electrons. The Balaban J connectivity index is 1.75. The van der Waals surface area contributed by atoms with Crippen LogP contribution < -0.4 is 10.2 Å². The van der Waals surface area contributed by atoms with Gasteiger partial charge in [-0.25, -0.2) is 0 Å². The molecule has 1 aromatic carbocycles. The predicted octanol–water partition coefficient (Wildman–Crippen LogP) is 3.81. The number of rotatable bonds is 5. The van der Waals surface area contributed by atoms with Crippen LogP contribution in [-0.4, -0.2) is 25.0 Å². The molecule has 3 aromatic rings. The summed E-state index contributed by atoms with van der Waals surface area (Å²) in [6.45, 7) is 0.448. The van der Waals surface area contributed by atoms with Crippen LogP contribution in [0.3, 0.4) is 0 Å². The summed E-state index contributed by atoms with van der Waals surface area (Å²) >= 11 is 1.64. The Bertz CT molecular complexity index is 828. The number of pyridine rings is 1. The molecule has 5 heteroatoms. The van der Waals surface area contributed by atoms with Crippen LogP contribution in [0.4, 0.5) is 5.69 Å². The molecule has 0 atom stereocenters. The summed E-state index contributed by atoms with van der Waals surface area (Å²) in [7, 11) is 3.92. The molecule has 0 fully saturated rings. The molecule has 0 unspecified atom stereocenters. The number of hydrogen-bond donors (Lipinski definition) is 1. The van der Waals surface area contributed by atoms with Crippen molar-refractivity contribution in [3.8, 4) is 11.3 Å². The molecular formula is C19H19N3OS. The number of carbonyl (C=O) groups excluding carboxylic acids is 1. The summed E-state index contributed by atoms with van der Waals surface area (Å²) in [6.07, 6.45) is 1.78. The van der Waals surface area contributed by atoms with Gasteiger partial charge < -0.3 is 10.2 Å². The van der Waals surface area contributed by atoms with Gasteiger partial charge in [0.1, 0.15) is 0 Å². The summed E-state index contributed by atoms with van der Waals surface area (Å²) in [5, 5.41) is 7.08. The molecule has 24 heavy (non-hydrogen) atoms. The number of hydrogen-bond acceptors (Lipinski definition) is 4. The van der Waals surface area contributed by atoms with Gasteiger partial charge in [-0.15, -0.1) is 0 Å². The fourth-order valence-electron chi connectivity index (χ4n) is 2.44. The molecular weight excluding hydrogens is 318 g/mol. The molecule has 4 nitrogen and oxygen atoms in total. The quantitative estimate of drug-likeness (QED) is 0.770. The molecule has 2 aromatic heterocycles. The second-order valence-corrected chi connectivity index (χ2v) is 6.43. The van der Waals surface area contributed by atoms with Crippen LogP contribution in [0.2, 0.25) is 0 Å². The molecule has 122 valence electrons. The average molecular weight is 337 g/mol. The molecule has 0 aliphatic heterocycles. The zero-order valence-electron chi connectivity index (χ0n) is 13.7. The smallest absolute Gasteiger partial charge is 0.251 e. The molecule has 0 aliphatic carbocycles. The van der Waals surface area contributed by atoms with Crippen LogP contribution in [0.1, 0.15) is 15.9 Å². The van der Waals surface area contributed by atoms with Gasteiger partial charge in [-0.1, -0.05) is 12.1 Å². The van der Waals surface area contributed by atoms with Gasteiger partial charge in [0.2, 0.25) is 0 Å². The zero-order chi connectivity index (χ0) is 16.9. The first kappa shape index (κ1) is 16.2. The Morgan fingerprint density at radius 3 is 2.83 bits per heavy atom. The van der Waals surface area contributed by atoms with Crippen molar-refractivity contribution in [2.75, 3.05) is 19.0 Å². The van der Waals surface area contributed by atoms with Crippen molar-refractivity contribution in [3.63, 3.8) is 0 Å². The van der Waals surface area contributed by atoms with Crippen LogP contribution in [0, 0.1) is 0 Å². The third-order valence-electron chi connectivity index (χ3n) is 3.75. The monoisotopic (exact) mass is 337 g/mol. The van der Waals surface area contributed by atoms with E-state index in [1.807, 2.05) is 66.8 Å². The lowest BCUT2D eigenvalue weighted by atomic mass is 10.1. The summed E-state index contributed by atoms with van der Waals surface area (Å²) < 4.78 is 0. The first-order chi connectivity index (χ1) is 11.6. The van der Waals surface area contributed by atoms with Crippen LogP contribution in [0.25, 0.3) is 11.3 Å². The van der Waals surface area contributed by atoms with Gasteiger partial charge >= 0.3 is 0 Å². The van der Waals surface area contributed by atoms with Crippen LogP contribution in [-0.2, 0) is 6.54 Å². The number of amides is 1. The number of benzene rings is 1. The minimum absolute atomic E-state index is 0.0844. The zero-order valence-corrected chi connectivity index (χ0v) is 14.5. The lowest BCUT2D eigenvalue weighted by molar-refractivity contribution is 0.0951. The molecule has 0 spiro atoms. The predicted molar refractivity (Wildman–Crippen MR) is 99.5 cm³/mol. The van der Waals surface area contributed by atoms with Crippen molar-refractivity contribution in [2.45, 2.75) is 6.54 Å². The van der Waals surface area contributed by atoms with E-state index in [0.717, 1.165) is 22.5 Å². The van der Waals surface area contributed by atoms with Gasteiger partial charge in [0.15, 0.2) is 0 Å². The van der Waals surface area contributed by atoms with Crippen molar-refractivity contribution in [1.29, 1.82) is 0 Å². The maximum absolute atomic E-state index is 12.4. The maximum Gasteiger partial charge on any atom is 0.251 e. The molecule has 0 saturated heterocycles. The van der Waals surface area contributed by atoms with Gasteiger partial charge in [0, 0.05) is 49.0 Å². The summed E-state index contributed by atoms with van der Waals surface area (Å²) in [4.78, 5) is 18.9. The highest BCUT2D eigenvalue weighted by molar-refractivity contribution is 7.08. The standard InChI is InChI=1S/C19H19N3OS/c1-22(2)17-7-3-5-14(11-17)19(23)21-12-15-6-4-9-20-18(15)16-8-10-24-13-16/h3-11,13H,12H2,1-2H3,(H,21,23). The molecule has 1 N–H and O–H groups in total. The molecule has 2 heterocycles. The van der Waals surface area contributed by atoms with Crippen LogP contribution in [0.15, 0.2) is 59.4 Å². The lowest BCUT2D eigenvalue weighted by Crippen LogP contribution is -2.23. The van der Waals surface area contributed by atoms with Gasteiger partial charge in [0.25, 0.3) is 5.91 Å². The van der Waals surface area contributed by atoms with Crippen molar-refractivity contribution in [3.05, 3.63) is 70.5 Å². The first-order valence-corrected chi connectivity index (χ1v) is 8.61. The van der Waals surface area contributed by atoms with E-state index in [1.54, 1.807) is 17.5 Å². The fourth-order valence-corrected chi connectivity index (χ4v) is 3.08. The van der Waals surface area contributed by atoms with E-state index in [2.05, 4.69) is 15.7 Å². The molecule has 1 amide bonds. The summed E-state index contributed by atoms with van der Waals surface area (Å²) in [5.41, 5.74) is 4.67. The summed E-state index contributed by atoms with van der Waals surface area (Å²) in [6, 6.07) is 13.5. The number of carbonyl (C=O) groups is 1. The van der Waals surface area contributed by atoms with Gasteiger partial charge in [-0.05, 0) is 41.3 Å². The van der Waals surface area contributed by atoms with E-state index in [9.17, 15) is 4.79 Å². The Morgan fingerprint density at radius 2 is 2.08 bits per heavy atom. The van der Waals surface area contributed by atoms with Crippen molar-refractivity contribution < 1.29 is 4.79 Å². The van der Waals surface area contributed by atoms with Crippen LogP contribution in [0.5, 0.6) is 0 Å². The Labute approximate surface area is 145 Å². The molecule has 0 bridgehead atoms. The second kappa shape index (κ2) is 7.27. The highest BCUT2D eigenvalue weighted by atomic mass is 32.1. The number of thiophene rings is 1. The number of anilines is 1. The Kier molecular flexibility index (Phi) is 4.91. The third-order valence-corrected chi connectivity index (χ3v) is 4.43. The Morgan fingerprint density at radius 1 is 1.21 bits per heavy atom. The van der Waals surface area contributed by atoms with Crippen molar-refractivity contribution in [1.82, 2.24) is 10.3 Å². The fraction of sp³-hybridized carbons (Fsp3) is 0.158. The highest BCUT2D eigenvalue weighted by Gasteiger charge is 2.10. The van der Waals surface area contributed by atoms with E-state index < -0.39 is 0 Å². The lowest BCUT2D eigenvalue weighted by Gasteiger charge is -2.14. The number of nitrogens with one attached hydrogen (secondary N) is 1. The minimum Gasteiger partial charge on any atom is -0.378 e. The largest absolute Gasteiger partial charge is 0.378 e.